The summed E-state index contributed by atoms with van der Waals surface area (Å²) in [4.78, 5) is 11.0. The van der Waals surface area contributed by atoms with E-state index in [4.69, 9.17) is 9.47 Å². The fourth-order valence-corrected chi connectivity index (χ4v) is 1.27. The summed E-state index contributed by atoms with van der Waals surface area (Å²) in [6, 6.07) is 0. The van der Waals surface area contributed by atoms with E-state index >= 15 is 0 Å². The second kappa shape index (κ2) is 3.58. The summed E-state index contributed by atoms with van der Waals surface area (Å²) in [7, 11) is 0. The summed E-state index contributed by atoms with van der Waals surface area (Å²) in [5.74, 6) is -0.237. The average Bonchev–Trinajstić information content (AvgIpc) is 1.97. The highest BCUT2D eigenvalue weighted by Crippen LogP contribution is 2.30. The highest BCUT2D eigenvalue weighted by molar-refractivity contribution is 9.10. The van der Waals surface area contributed by atoms with Crippen molar-refractivity contribution in [2.75, 3.05) is 0 Å². The van der Waals surface area contributed by atoms with Crippen LogP contribution in [0, 0.1) is 5.41 Å². The van der Waals surface area contributed by atoms with Gasteiger partial charge in [0.1, 0.15) is 4.83 Å². The van der Waals surface area contributed by atoms with Crippen LogP contribution < -0.4 is 0 Å². The molecule has 1 heterocycles. The number of alkyl halides is 1. The molecule has 4 heteroatoms. The van der Waals surface area contributed by atoms with Crippen molar-refractivity contribution >= 4 is 21.9 Å². The zero-order chi connectivity index (χ0) is 10.2. The molecule has 0 saturated carbocycles. The van der Waals surface area contributed by atoms with Gasteiger partial charge in [0.25, 0.3) is 0 Å². The van der Waals surface area contributed by atoms with E-state index in [9.17, 15) is 4.79 Å². The number of rotatable bonds is 0. The molecule has 1 fully saturated rings. The second-order valence-corrected chi connectivity index (χ2v) is 5.36. The zero-order valence-corrected chi connectivity index (χ0v) is 9.92. The van der Waals surface area contributed by atoms with Crippen molar-refractivity contribution in [3.05, 3.63) is 0 Å². The monoisotopic (exact) mass is 250 g/mol. The average molecular weight is 251 g/mol. The first-order valence-electron chi connectivity index (χ1n) is 4.32. The van der Waals surface area contributed by atoms with Crippen molar-refractivity contribution < 1.29 is 14.3 Å². The predicted octanol–water partition coefficient (Wildman–Crippen LogP) is 2.08. The first kappa shape index (κ1) is 11.0. The summed E-state index contributed by atoms with van der Waals surface area (Å²) < 4.78 is 10.7. The Kier molecular flexibility index (Phi) is 3.02. The van der Waals surface area contributed by atoms with Gasteiger partial charge in [0, 0.05) is 5.41 Å². The van der Waals surface area contributed by atoms with Crippen LogP contribution in [0.3, 0.4) is 0 Å². The standard InChI is InChI=1S/C9H15BrO3/c1-5-6(10)7(11)13-8(12-5)9(2,3)4/h5-6,8H,1-4H3/t5-,6-,8-/m1/s1. The van der Waals surface area contributed by atoms with E-state index in [1.807, 2.05) is 27.7 Å². The van der Waals surface area contributed by atoms with Crippen molar-refractivity contribution in [2.45, 2.75) is 44.9 Å². The van der Waals surface area contributed by atoms with Crippen LogP contribution in [0.5, 0.6) is 0 Å². The molecule has 1 aliphatic heterocycles. The molecule has 0 aliphatic carbocycles. The molecule has 3 atom stereocenters. The first-order valence-corrected chi connectivity index (χ1v) is 5.24. The van der Waals surface area contributed by atoms with Crippen molar-refractivity contribution in [3.8, 4) is 0 Å². The van der Waals surface area contributed by atoms with Crippen molar-refractivity contribution in [3.63, 3.8) is 0 Å². The number of ether oxygens (including phenoxy) is 2. The number of esters is 1. The lowest BCUT2D eigenvalue weighted by atomic mass is 9.95. The predicted molar refractivity (Wildman–Crippen MR) is 52.6 cm³/mol. The third-order valence-corrected chi connectivity index (χ3v) is 3.02. The Morgan fingerprint density at radius 3 is 2.31 bits per heavy atom. The lowest BCUT2D eigenvalue weighted by Gasteiger charge is -2.37. The molecule has 0 unspecified atom stereocenters. The molecule has 13 heavy (non-hydrogen) atoms. The van der Waals surface area contributed by atoms with Gasteiger partial charge in [-0.2, -0.15) is 0 Å². The SMILES string of the molecule is C[C@H]1O[C@@H](C(C)(C)C)OC(=O)[C@@H]1Br. The molecule has 0 bridgehead atoms. The van der Waals surface area contributed by atoms with E-state index < -0.39 is 6.29 Å². The van der Waals surface area contributed by atoms with Gasteiger partial charge in [0.2, 0.25) is 6.29 Å². The van der Waals surface area contributed by atoms with Gasteiger partial charge in [-0.05, 0) is 6.92 Å². The Morgan fingerprint density at radius 1 is 1.38 bits per heavy atom. The van der Waals surface area contributed by atoms with Crippen molar-refractivity contribution in [1.82, 2.24) is 0 Å². The molecular weight excluding hydrogens is 236 g/mol. The van der Waals surface area contributed by atoms with Gasteiger partial charge >= 0.3 is 5.97 Å². The van der Waals surface area contributed by atoms with Gasteiger partial charge < -0.3 is 9.47 Å². The Morgan fingerprint density at radius 2 is 1.92 bits per heavy atom. The minimum absolute atomic E-state index is 0.134. The molecule has 0 aromatic rings. The summed E-state index contributed by atoms with van der Waals surface area (Å²) in [5, 5.41) is 0. The molecular formula is C9H15BrO3. The summed E-state index contributed by atoms with van der Waals surface area (Å²) in [6.07, 6.45) is -0.575. The van der Waals surface area contributed by atoms with Crippen molar-refractivity contribution in [1.29, 1.82) is 0 Å². The third-order valence-electron chi connectivity index (χ3n) is 1.91. The molecule has 1 rings (SSSR count). The van der Waals surface area contributed by atoms with E-state index in [2.05, 4.69) is 15.9 Å². The summed E-state index contributed by atoms with van der Waals surface area (Å²) >= 11 is 3.21. The fraction of sp³-hybridized carbons (Fsp3) is 0.889. The van der Waals surface area contributed by atoms with Gasteiger partial charge in [-0.15, -0.1) is 0 Å². The van der Waals surface area contributed by atoms with Crippen LogP contribution in [0.4, 0.5) is 0 Å². The normalized spacial score (nSPS) is 35.8. The van der Waals surface area contributed by atoms with Gasteiger partial charge in [0.05, 0.1) is 6.10 Å². The highest BCUT2D eigenvalue weighted by atomic mass is 79.9. The Hall–Kier alpha value is -0.0900. The van der Waals surface area contributed by atoms with Crippen LogP contribution >= 0.6 is 15.9 Å². The number of halogens is 1. The molecule has 0 spiro atoms. The van der Waals surface area contributed by atoms with Crippen LogP contribution in [0.2, 0.25) is 0 Å². The molecule has 3 nitrogen and oxygen atoms in total. The van der Waals surface area contributed by atoms with E-state index in [0.29, 0.717) is 0 Å². The molecule has 1 saturated heterocycles. The van der Waals surface area contributed by atoms with Gasteiger partial charge in [0.15, 0.2) is 0 Å². The summed E-state index contributed by atoms with van der Waals surface area (Å²) in [5.41, 5.74) is -0.170. The Balaban J connectivity index is 2.69. The van der Waals surface area contributed by atoms with Gasteiger partial charge in [-0.25, -0.2) is 0 Å². The maximum absolute atomic E-state index is 11.3. The highest BCUT2D eigenvalue weighted by Gasteiger charge is 2.40. The van der Waals surface area contributed by atoms with Crippen molar-refractivity contribution in [2.24, 2.45) is 5.41 Å². The first-order chi connectivity index (χ1) is 5.82. The second-order valence-electron chi connectivity index (χ2n) is 4.38. The number of cyclic esters (lactones) is 1. The van der Waals surface area contributed by atoms with Crippen LogP contribution in [0.25, 0.3) is 0 Å². The smallest absolute Gasteiger partial charge is 0.324 e. The quantitative estimate of drug-likeness (QED) is 0.488. The minimum atomic E-state index is -0.441. The maximum atomic E-state index is 11.3. The molecule has 0 radical (unpaired) electrons. The Labute approximate surface area is 86.9 Å². The molecule has 0 aromatic carbocycles. The lowest BCUT2D eigenvalue weighted by molar-refractivity contribution is -0.237. The maximum Gasteiger partial charge on any atom is 0.324 e. The summed E-state index contributed by atoms with van der Waals surface area (Å²) in [6.45, 7) is 7.79. The Bertz CT molecular complexity index is 209. The molecule has 1 aliphatic rings. The molecule has 76 valence electrons. The van der Waals surface area contributed by atoms with Crippen LogP contribution in [0.15, 0.2) is 0 Å². The number of hydrogen-bond donors (Lipinski definition) is 0. The van der Waals surface area contributed by atoms with Crippen LogP contribution in [0.1, 0.15) is 27.7 Å². The topological polar surface area (TPSA) is 35.5 Å². The fourth-order valence-electron chi connectivity index (χ4n) is 1.03. The van der Waals surface area contributed by atoms with Gasteiger partial charge in [-0.3, -0.25) is 4.79 Å². The number of carbonyl (C=O) groups is 1. The van der Waals surface area contributed by atoms with Crippen LogP contribution in [-0.4, -0.2) is 23.2 Å². The van der Waals surface area contributed by atoms with Crippen LogP contribution in [-0.2, 0) is 14.3 Å². The van der Waals surface area contributed by atoms with Gasteiger partial charge in [-0.1, -0.05) is 36.7 Å². The molecule has 0 aromatic heterocycles. The largest absolute Gasteiger partial charge is 0.434 e. The van der Waals surface area contributed by atoms with E-state index in [1.165, 1.54) is 0 Å². The third kappa shape index (κ3) is 2.44. The lowest BCUT2D eigenvalue weighted by Crippen LogP contribution is -2.47. The zero-order valence-electron chi connectivity index (χ0n) is 8.33. The van der Waals surface area contributed by atoms with E-state index in [1.54, 1.807) is 0 Å². The number of carbonyl (C=O) groups excluding carboxylic acids is 1. The number of hydrogen-bond acceptors (Lipinski definition) is 3. The minimum Gasteiger partial charge on any atom is -0.434 e. The molecule has 0 amide bonds. The molecule has 0 N–H and O–H groups in total. The van der Waals surface area contributed by atoms with E-state index in [0.717, 1.165) is 0 Å². The van der Waals surface area contributed by atoms with E-state index in [-0.39, 0.29) is 22.3 Å².